The highest BCUT2D eigenvalue weighted by Gasteiger charge is 2.21. The molecule has 1 N–H and O–H groups in total. The summed E-state index contributed by atoms with van der Waals surface area (Å²) in [6.45, 7) is 2.86. The van der Waals surface area contributed by atoms with Crippen molar-refractivity contribution in [1.29, 1.82) is 0 Å². The van der Waals surface area contributed by atoms with E-state index in [2.05, 4.69) is 20.1 Å². The number of thioether (sulfide) groups is 1. The molecule has 22 heavy (non-hydrogen) atoms. The lowest BCUT2D eigenvalue weighted by molar-refractivity contribution is -0.115. The number of hydrogen-bond acceptors (Lipinski definition) is 4. The van der Waals surface area contributed by atoms with Crippen molar-refractivity contribution in [2.24, 2.45) is 0 Å². The molecule has 1 aromatic carbocycles. The van der Waals surface area contributed by atoms with Crippen LogP contribution >= 0.6 is 11.8 Å². The average Bonchev–Trinajstić information content (AvgIpc) is 2.76. The minimum atomic E-state index is -0.211. The zero-order valence-corrected chi connectivity index (χ0v) is 13.5. The molecule has 0 bridgehead atoms. The number of aromatic nitrogens is 3. The second-order valence-corrected chi connectivity index (χ2v) is 6.78. The smallest absolute Gasteiger partial charge is 0.237 e. The minimum absolute atomic E-state index is 0.0119. The van der Waals surface area contributed by atoms with Gasteiger partial charge in [0.25, 0.3) is 0 Å². The Morgan fingerprint density at radius 2 is 2.05 bits per heavy atom. The van der Waals surface area contributed by atoms with Crippen molar-refractivity contribution in [3.8, 4) is 0 Å². The second-order valence-electron chi connectivity index (χ2n) is 5.48. The Labute approximate surface area is 134 Å². The Morgan fingerprint density at radius 1 is 1.23 bits per heavy atom. The summed E-state index contributed by atoms with van der Waals surface area (Å²) in [6, 6.07) is 9.52. The standard InChI is InChI=1S/C16H20N4OS/c1-12(15(21)17-13-8-4-2-5-9-13)22-16-19-18-14-10-6-3-7-11-20(14)16/h2,4-5,8-9,12H,3,6-7,10-11H2,1H3,(H,17,21)/t12-/m1/s1. The van der Waals surface area contributed by atoms with E-state index in [9.17, 15) is 4.79 Å². The average molecular weight is 316 g/mol. The maximum atomic E-state index is 12.3. The van der Waals surface area contributed by atoms with Crippen LogP contribution in [0, 0.1) is 0 Å². The lowest BCUT2D eigenvalue weighted by atomic mass is 10.2. The molecule has 1 atom stereocenters. The third kappa shape index (κ3) is 3.50. The van der Waals surface area contributed by atoms with E-state index in [0.29, 0.717) is 0 Å². The number of carbonyl (C=O) groups excluding carboxylic acids is 1. The molecule has 5 nitrogen and oxygen atoms in total. The van der Waals surface area contributed by atoms with Crippen molar-refractivity contribution in [3.05, 3.63) is 36.2 Å². The van der Waals surface area contributed by atoms with Crippen molar-refractivity contribution in [3.63, 3.8) is 0 Å². The fraction of sp³-hybridized carbons (Fsp3) is 0.438. The number of carbonyl (C=O) groups is 1. The molecule has 0 aliphatic carbocycles. The van der Waals surface area contributed by atoms with Gasteiger partial charge < -0.3 is 9.88 Å². The Kier molecular flexibility index (Phi) is 4.77. The first-order valence-corrected chi connectivity index (χ1v) is 8.56. The lowest BCUT2D eigenvalue weighted by Crippen LogP contribution is -2.23. The van der Waals surface area contributed by atoms with Crippen molar-refractivity contribution >= 4 is 23.4 Å². The lowest BCUT2D eigenvalue weighted by Gasteiger charge is -2.12. The summed E-state index contributed by atoms with van der Waals surface area (Å²) >= 11 is 1.48. The summed E-state index contributed by atoms with van der Waals surface area (Å²) < 4.78 is 2.17. The molecule has 0 saturated carbocycles. The van der Waals surface area contributed by atoms with Crippen LogP contribution in [0.5, 0.6) is 0 Å². The summed E-state index contributed by atoms with van der Waals surface area (Å²) in [7, 11) is 0. The Morgan fingerprint density at radius 3 is 2.86 bits per heavy atom. The van der Waals surface area contributed by atoms with E-state index >= 15 is 0 Å². The number of anilines is 1. The summed E-state index contributed by atoms with van der Waals surface area (Å²) in [6.07, 6.45) is 4.55. The van der Waals surface area contributed by atoms with Crippen LogP contribution in [0.1, 0.15) is 32.0 Å². The molecule has 6 heteroatoms. The van der Waals surface area contributed by atoms with Gasteiger partial charge in [-0.15, -0.1) is 10.2 Å². The monoisotopic (exact) mass is 316 g/mol. The van der Waals surface area contributed by atoms with Gasteiger partial charge in [0, 0.05) is 18.7 Å². The number of aryl methyl sites for hydroxylation is 1. The molecule has 0 spiro atoms. The molecule has 0 unspecified atom stereocenters. The third-order valence-electron chi connectivity index (χ3n) is 3.77. The molecule has 2 heterocycles. The Balaban J connectivity index is 1.65. The first-order valence-electron chi connectivity index (χ1n) is 7.68. The van der Waals surface area contributed by atoms with Crippen molar-refractivity contribution in [2.45, 2.75) is 49.6 Å². The van der Waals surface area contributed by atoms with E-state index in [-0.39, 0.29) is 11.2 Å². The molecule has 1 aliphatic rings. The predicted molar refractivity (Wildman–Crippen MR) is 88.0 cm³/mol. The number of rotatable bonds is 4. The van der Waals surface area contributed by atoms with Crippen molar-refractivity contribution in [2.75, 3.05) is 5.32 Å². The number of nitrogens with one attached hydrogen (secondary N) is 1. The van der Waals surface area contributed by atoms with Gasteiger partial charge in [-0.3, -0.25) is 4.79 Å². The summed E-state index contributed by atoms with van der Waals surface area (Å²) in [5.74, 6) is 1.04. The van der Waals surface area contributed by atoms with Crippen LogP contribution in [0.25, 0.3) is 0 Å². The second kappa shape index (κ2) is 6.96. The number of para-hydroxylation sites is 1. The van der Waals surface area contributed by atoms with Gasteiger partial charge in [0.15, 0.2) is 5.16 Å². The summed E-state index contributed by atoms with van der Waals surface area (Å²) in [5, 5.41) is 12.1. The first-order chi connectivity index (χ1) is 10.7. The van der Waals surface area contributed by atoms with E-state index in [1.54, 1.807) is 0 Å². The van der Waals surface area contributed by atoms with Crippen LogP contribution in [0.3, 0.4) is 0 Å². The molecular formula is C16H20N4OS. The van der Waals surface area contributed by atoms with Crippen LogP contribution in [0.4, 0.5) is 5.69 Å². The van der Waals surface area contributed by atoms with Crippen LogP contribution in [-0.2, 0) is 17.8 Å². The highest BCUT2D eigenvalue weighted by molar-refractivity contribution is 8.00. The van der Waals surface area contributed by atoms with Gasteiger partial charge in [0.1, 0.15) is 5.82 Å². The van der Waals surface area contributed by atoms with Gasteiger partial charge >= 0.3 is 0 Å². The van der Waals surface area contributed by atoms with E-state index in [1.807, 2.05) is 37.3 Å². The van der Waals surface area contributed by atoms with Gasteiger partial charge in [-0.25, -0.2) is 0 Å². The predicted octanol–water partition coefficient (Wildman–Crippen LogP) is 3.12. The quantitative estimate of drug-likeness (QED) is 0.880. The maximum absolute atomic E-state index is 12.3. The number of hydrogen-bond donors (Lipinski definition) is 1. The van der Waals surface area contributed by atoms with E-state index in [4.69, 9.17) is 0 Å². The number of benzene rings is 1. The fourth-order valence-electron chi connectivity index (χ4n) is 2.52. The number of amides is 1. The zero-order valence-electron chi connectivity index (χ0n) is 12.7. The SMILES string of the molecule is C[C@@H](Sc1nnc2n1CCCCC2)C(=O)Nc1ccccc1. The molecule has 1 amide bonds. The maximum Gasteiger partial charge on any atom is 0.237 e. The Bertz CT molecular complexity index is 641. The van der Waals surface area contributed by atoms with E-state index in [1.165, 1.54) is 24.6 Å². The molecule has 3 rings (SSSR count). The van der Waals surface area contributed by atoms with E-state index in [0.717, 1.165) is 36.1 Å². The molecule has 0 saturated heterocycles. The number of fused-ring (bicyclic) bond motifs is 1. The third-order valence-corrected chi connectivity index (χ3v) is 4.85. The van der Waals surface area contributed by atoms with Crippen LogP contribution in [0.15, 0.2) is 35.5 Å². The normalized spacial score (nSPS) is 15.7. The summed E-state index contributed by atoms with van der Waals surface area (Å²) in [4.78, 5) is 12.3. The van der Waals surface area contributed by atoms with Crippen LogP contribution in [0.2, 0.25) is 0 Å². The Hall–Kier alpha value is -1.82. The number of nitrogens with zero attached hydrogens (tertiary/aromatic N) is 3. The first kappa shape index (κ1) is 15.1. The molecule has 2 aromatic rings. The largest absolute Gasteiger partial charge is 0.325 e. The van der Waals surface area contributed by atoms with E-state index < -0.39 is 0 Å². The molecule has 116 valence electrons. The zero-order chi connectivity index (χ0) is 15.4. The molecule has 0 radical (unpaired) electrons. The molecule has 0 fully saturated rings. The van der Waals surface area contributed by atoms with Gasteiger partial charge in [-0.2, -0.15) is 0 Å². The topological polar surface area (TPSA) is 59.8 Å². The highest BCUT2D eigenvalue weighted by Crippen LogP contribution is 2.25. The molecule has 1 aromatic heterocycles. The highest BCUT2D eigenvalue weighted by atomic mass is 32.2. The van der Waals surface area contributed by atoms with Gasteiger partial charge in [0.05, 0.1) is 5.25 Å². The van der Waals surface area contributed by atoms with Crippen molar-refractivity contribution < 1.29 is 4.79 Å². The molecule has 1 aliphatic heterocycles. The van der Waals surface area contributed by atoms with Gasteiger partial charge in [-0.1, -0.05) is 36.4 Å². The molecular weight excluding hydrogens is 296 g/mol. The van der Waals surface area contributed by atoms with Gasteiger partial charge in [-0.05, 0) is 31.9 Å². The van der Waals surface area contributed by atoms with Crippen LogP contribution < -0.4 is 5.32 Å². The van der Waals surface area contributed by atoms with Gasteiger partial charge in [0.2, 0.25) is 5.91 Å². The van der Waals surface area contributed by atoms with Crippen molar-refractivity contribution in [1.82, 2.24) is 14.8 Å². The minimum Gasteiger partial charge on any atom is -0.325 e. The summed E-state index contributed by atoms with van der Waals surface area (Å²) in [5.41, 5.74) is 0.819. The fourth-order valence-corrected chi connectivity index (χ4v) is 3.42. The van der Waals surface area contributed by atoms with Crippen LogP contribution in [-0.4, -0.2) is 25.9 Å².